The highest BCUT2D eigenvalue weighted by atomic mass is 35.5. The fraction of sp³-hybridized carbons (Fsp3) is 0.316. The first-order valence-corrected chi connectivity index (χ1v) is 8.23. The standard InChI is InChI=1S/C19H23ClN2O2/c1-14(15-7-5-4-6-8-15)22(3)19(24)13-21(2)12-16-11-17(23)9-10-18(16)20/h4-11,14,23H,12-13H2,1-3H3. The Morgan fingerprint density at radius 1 is 1.17 bits per heavy atom. The van der Waals surface area contributed by atoms with Gasteiger partial charge in [-0.05, 0) is 43.3 Å². The van der Waals surface area contributed by atoms with E-state index in [2.05, 4.69) is 0 Å². The molecule has 24 heavy (non-hydrogen) atoms. The Kier molecular flexibility index (Phi) is 6.23. The smallest absolute Gasteiger partial charge is 0.236 e. The van der Waals surface area contributed by atoms with Crippen LogP contribution in [0.1, 0.15) is 24.1 Å². The Balaban J connectivity index is 1.97. The number of carbonyl (C=O) groups excluding carboxylic acids is 1. The summed E-state index contributed by atoms with van der Waals surface area (Å²) in [7, 11) is 3.68. The zero-order valence-corrected chi connectivity index (χ0v) is 15.0. The molecule has 1 N–H and O–H groups in total. The maximum Gasteiger partial charge on any atom is 0.236 e. The molecule has 0 fully saturated rings. The Morgan fingerprint density at radius 3 is 2.50 bits per heavy atom. The molecule has 0 aromatic heterocycles. The molecule has 4 nitrogen and oxygen atoms in total. The predicted octanol–water partition coefficient (Wildman–Crippen LogP) is 3.70. The molecule has 0 spiro atoms. The van der Waals surface area contributed by atoms with E-state index in [1.54, 1.807) is 23.1 Å². The van der Waals surface area contributed by atoms with Crippen LogP contribution in [0.15, 0.2) is 48.5 Å². The van der Waals surface area contributed by atoms with Crippen LogP contribution in [0.2, 0.25) is 5.02 Å². The molecule has 2 aromatic rings. The highest BCUT2D eigenvalue weighted by Gasteiger charge is 2.19. The Labute approximate surface area is 148 Å². The van der Waals surface area contributed by atoms with Crippen LogP contribution in [0.4, 0.5) is 0 Å². The van der Waals surface area contributed by atoms with Crippen LogP contribution in [0, 0.1) is 0 Å². The van der Waals surface area contributed by atoms with Gasteiger partial charge in [0, 0.05) is 18.6 Å². The number of hydrogen-bond donors (Lipinski definition) is 1. The quantitative estimate of drug-likeness (QED) is 0.867. The van der Waals surface area contributed by atoms with E-state index in [1.165, 1.54) is 0 Å². The molecule has 5 heteroatoms. The molecule has 0 radical (unpaired) electrons. The molecule has 0 saturated carbocycles. The van der Waals surface area contributed by atoms with Crippen molar-refractivity contribution in [1.29, 1.82) is 0 Å². The normalized spacial score (nSPS) is 12.2. The number of carbonyl (C=O) groups is 1. The number of hydrogen-bond acceptors (Lipinski definition) is 3. The van der Waals surface area contributed by atoms with E-state index < -0.39 is 0 Å². The molecule has 0 aliphatic carbocycles. The van der Waals surface area contributed by atoms with Gasteiger partial charge in [-0.3, -0.25) is 9.69 Å². The molecule has 0 saturated heterocycles. The van der Waals surface area contributed by atoms with Crippen LogP contribution in [-0.4, -0.2) is 41.5 Å². The summed E-state index contributed by atoms with van der Waals surface area (Å²) in [6.45, 7) is 2.78. The summed E-state index contributed by atoms with van der Waals surface area (Å²) in [6.07, 6.45) is 0. The lowest BCUT2D eigenvalue weighted by Gasteiger charge is -2.27. The third kappa shape index (κ3) is 4.73. The first-order valence-electron chi connectivity index (χ1n) is 7.85. The van der Waals surface area contributed by atoms with Crippen molar-refractivity contribution in [3.8, 4) is 5.75 Å². The lowest BCUT2D eigenvalue weighted by atomic mass is 10.1. The summed E-state index contributed by atoms with van der Waals surface area (Å²) >= 11 is 6.14. The van der Waals surface area contributed by atoms with Crippen molar-refractivity contribution in [1.82, 2.24) is 9.80 Å². The Morgan fingerprint density at radius 2 is 1.83 bits per heavy atom. The number of rotatable bonds is 6. The number of aromatic hydroxyl groups is 1. The molecule has 0 aliphatic heterocycles. The van der Waals surface area contributed by atoms with Gasteiger partial charge in [0.1, 0.15) is 5.75 Å². The molecular weight excluding hydrogens is 324 g/mol. The lowest BCUT2D eigenvalue weighted by Crippen LogP contribution is -2.37. The molecular formula is C19H23ClN2O2. The number of nitrogens with zero attached hydrogens (tertiary/aromatic N) is 2. The van der Waals surface area contributed by atoms with Crippen molar-refractivity contribution in [2.75, 3.05) is 20.6 Å². The number of benzene rings is 2. The maximum atomic E-state index is 12.5. The average Bonchev–Trinajstić information content (AvgIpc) is 2.57. The summed E-state index contributed by atoms with van der Waals surface area (Å²) in [5, 5.41) is 10.1. The van der Waals surface area contributed by atoms with Crippen LogP contribution in [-0.2, 0) is 11.3 Å². The molecule has 0 bridgehead atoms. The van der Waals surface area contributed by atoms with Crippen LogP contribution in [0.3, 0.4) is 0 Å². The minimum Gasteiger partial charge on any atom is -0.508 e. The van der Waals surface area contributed by atoms with Crippen LogP contribution >= 0.6 is 11.6 Å². The van der Waals surface area contributed by atoms with Crippen molar-refractivity contribution in [2.24, 2.45) is 0 Å². The molecule has 128 valence electrons. The average molecular weight is 347 g/mol. The summed E-state index contributed by atoms with van der Waals surface area (Å²) < 4.78 is 0. The largest absolute Gasteiger partial charge is 0.508 e. The van der Waals surface area contributed by atoms with E-state index >= 15 is 0 Å². The lowest BCUT2D eigenvalue weighted by molar-refractivity contribution is -0.132. The van der Waals surface area contributed by atoms with Gasteiger partial charge < -0.3 is 10.0 Å². The van der Waals surface area contributed by atoms with Gasteiger partial charge in [-0.25, -0.2) is 0 Å². The first kappa shape index (κ1) is 18.3. The van der Waals surface area contributed by atoms with E-state index in [1.807, 2.05) is 56.3 Å². The topological polar surface area (TPSA) is 43.8 Å². The fourth-order valence-electron chi connectivity index (χ4n) is 2.54. The fourth-order valence-corrected chi connectivity index (χ4v) is 2.72. The molecule has 0 heterocycles. The van der Waals surface area contributed by atoms with Crippen molar-refractivity contribution in [2.45, 2.75) is 19.5 Å². The van der Waals surface area contributed by atoms with Gasteiger partial charge in [0.25, 0.3) is 0 Å². The number of halogens is 1. The number of amides is 1. The van der Waals surface area contributed by atoms with Gasteiger partial charge >= 0.3 is 0 Å². The molecule has 1 amide bonds. The van der Waals surface area contributed by atoms with E-state index in [9.17, 15) is 9.90 Å². The zero-order valence-electron chi connectivity index (χ0n) is 14.2. The summed E-state index contributed by atoms with van der Waals surface area (Å²) in [6, 6.07) is 14.8. The van der Waals surface area contributed by atoms with Gasteiger partial charge in [0.05, 0.1) is 12.6 Å². The van der Waals surface area contributed by atoms with Crippen molar-refractivity contribution >= 4 is 17.5 Å². The van der Waals surface area contributed by atoms with E-state index in [4.69, 9.17) is 11.6 Å². The molecule has 1 unspecified atom stereocenters. The second-order valence-electron chi connectivity index (χ2n) is 6.04. The van der Waals surface area contributed by atoms with Gasteiger partial charge in [-0.1, -0.05) is 41.9 Å². The predicted molar refractivity (Wildman–Crippen MR) is 97.1 cm³/mol. The zero-order chi connectivity index (χ0) is 17.7. The molecule has 0 aliphatic rings. The number of phenolic OH excluding ortho intramolecular Hbond substituents is 1. The minimum atomic E-state index is 0.0106. The third-order valence-corrected chi connectivity index (χ3v) is 4.50. The highest BCUT2D eigenvalue weighted by Crippen LogP contribution is 2.23. The van der Waals surface area contributed by atoms with Crippen molar-refractivity contribution < 1.29 is 9.90 Å². The second kappa shape index (κ2) is 8.18. The second-order valence-corrected chi connectivity index (χ2v) is 6.45. The van der Waals surface area contributed by atoms with Crippen molar-refractivity contribution in [3.05, 3.63) is 64.7 Å². The SMILES string of the molecule is CC(c1ccccc1)N(C)C(=O)CN(C)Cc1cc(O)ccc1Cl. The summed E-state index contributed by atoms with van der Waals surface area (Å²) in [5.41, 5.74) is 1.90. The van der Waals surface area contributed by atoms with Crippen LogP contribution in [0.5, 0.6) is 5.75 Å². The number of likely N-dealkylation sites (N-methyl/N-ethyl adjacent to an activating group) is 2. The van der Waals surface area contributed by atoms with Crippen molar-refractivity contribution in [3.63, 3.8) is 0 Å². The Bertz CT molecular complexity index is 691. The molecule has 2 rings (SSSR count). The van der Waals surface area contributed by atoms with Crippen LogP contribution < -0.4 is 0 Å². The number of phenols is 1. The molecule has 2 aromatic carbocycles. The highest BCUT2D eigenvalue weighted by molar-refractivity contribution is 6.31. The van der Waals surface area contributed by atoms with Crippen LogP contribution in [0.25, 0.3) is 0 Å². The van der Waals surface area contributed by atoms with Gasteiger partial charge in [0.15, 0.2) is 0 Å². The Hall–Kier alpha value is -2.04. The van der Waals surface area contributed by atoms with E-state index in [-0.39, 0.29) is 24.2 Å². The van der Waals surface area contributed by atoms with Gasteiger partial charge in [-0.15, -0.1) is 0 Å². The van der Waals surface area contributed by atoms with E-state index in [0.29, 0.717) is 11.6 Å². The van der Waals surface area contributed by atoms with E-state index in [0.717, 1.165) is 11.1 Å². The van der Waals surface area contributed by atoms with Gasteiger partial charge in [-0.2, -0.15) is 0 Å². The minimum absolute atomic E-state index is 0.0106. The first-order chi connectivity index (χ1) is 11.4. The third-order valence-electron chi connectivity index (χ3n) is 4.13. The summed E-state index contributed by atoms with van der Waals surface area (Å²) in [5.74, 6) is 0.203. The maximum absolute atomic E-state index is 12.5. The molecule has 1 atom stereocenters. The monoisotopic (exact) mass is 346 g/mol. The summed E-state index contributed by atoms with van der Waals surface area (Å²) in [4.78, 5) is 16.1. The van der Waals surface area contributed by atoms with Gasteiger partial charge in [0.2, 0.25) is 5.91 Å².